The van der Waals surface area contributed by atoms with Crippen molar-refractivity contribution < 1.29 is 9.53 Å². The predicted molar refractivity (Wildman–Crippen MR) is 103 cm³/mol. The lowest BCUT2D eigenvalue weighted by atomic mass is 10.1. The van der Waals surface area contributed by atoms with Crippen LogP contribution in [0.1, 0.15) is 39.6 Å². The number of nitrogens with one attached hydrogen (secondary N) is 1. The Bertz CT molecular complexity index is 994. The van der Waals surface area contributed by atoms with Gasteiger partial charge in [0.05, 0.1) is 19.0 Å². The largest absolute Gasteiger partial charge is 0.465 e. The Balaban J connectivity index is 1.91. The molecular formula is C19H21N3O3S. The lowest BCUT2D eigenvalue weighted by Crippen LogP contribution is -2.24. The Morgan fingerprint density at radius 3 is 2.69 bits per heavy atom. The number of fused-ring (bicyclic) bond motifs is 1. The zero-order chi connectivity index (χ0) is 18.8. The molecule has 0 unspecified atom stereocenters. The zero-order valence-electron chi connectivity index (χ0n) is 15.2. The van der Waals surface area contributed by atoms with Crippen molar-refractivity contribution in [2.45, 2.75) is 26.4 Å². The number of aromatic nitrogens is 2. The molecule has 0 bridgehead atoms. The van der Waals surface area contributed by atoms with Crippen LogP contribution >= 0.6 is 11.3 Å². The Kier molecular flexibility index (Phi) is 5.20. The summed E-state index contributed by atoms with van der Waals surface area (Å²) in [6, 6.07) is 10.3. The van der Waals surface area contributed by atoms with Crippen molar-refractivity contribution in [1.29, 1.82) is 0 Å². The van der Waals surface area contributed by atoms with Crippen LogP contribution in [0.5, 0.6) is 0 Å². The fourth-order valence-corrected chi connectivity index (χ4v) is 4.03. The summed E-state index contributed by atoms with van der Waals surface area (Å²) >= 11 is 1.19. The Hall–Kier alpha value is -2.51. The first-order valence-corrected chi connectivity index (χ1v) is 9.09. The van der Waals surface area contributed by atoms with Crippen molar-refractivity contribution in [1.82, 2.24) is 14.9 Å². The van der Waals surface area contributed by atoms with E-state index in [1.165, 1.54) is 24.0 Å². The molecule has 1 aromatic carbocycles. The van der Waals surface area contributed by atoms with Gasteiger partial charge in [-0.1, -0.05) is 30.3 Å². The minimum Gasteiger partial charge on any atom is -0.465 e. The lowest BCUT2D eigenvalue weighted by Gasteiger charge is -2.24. The van der Waals surface area contributed by atoms with Gasteiger partial charge in [-0.25, -0.2) is 9.78 Å². The van der Waals surface area contributed by atoms with Gasteiger partial charge in [-0.15, -0.1) is 11.3 Å². The molecule has 0 aliphatic rings. The van der Waals surface area contributed by atoms with Crippen LogP contribution < -0.4 is 5.56 Å². The average molecular weight is 371 g/mol. The average Bonchev–Trinajstić information content (AvgIpc) is 2.98. The molecule has 1 N–H and O–H groups in total. The van der Waals surface area contributed by atoms with Gasteiger partial charge < -0.3 is 9.72 Å². The van der Waals surface area contributed by atoms with Gasteiger partial charge in [-0.2, -0.15) is 0 Å². The first-order valence-electron chi connectivity index (χ1n) is 8.28. The number of benzene rings is 1. The van der Waals surface area contributed by atoms with Gasteiger partial charge in [0.15, 0.2) is 0 Å². The van der Waals surface area contributed by atoms with E-state index in [0.717, 1.165) is 0 Å². The van der Waals surface area contributed by atoms with E-state index in [0.29, 0.717) is 33.0 Å². The van der Waals surface area contributed by atoms with Crippen molar-refractivity contribution >= 4 is 27.5 Å². The predicted octanol–water partition coefficient (Wildman–Crippen LogP) is 3.27. The molecule has 1 atom stereocenters. The molecule has 0 spiro atoms. The third-order valence-electron chi connectivity index (χ3n) is 4.56. The van der Waals surface area contributed by atoms with Gasteiger partial charge in [0, 0.05) is 6.04 Å². The number of aromatic amines is 1. The molecule has 2 aromatic heterocycles. The van der Waals surface area contributed by atoms with E-state index in [1.807, 2.05) is 25.2 Å². The third-order valence-corrected chi connectivity index (χ3v) is 5.73. The number of hydrogen-bond acceptors (Lipinski definition) is 6. The minimum absolute atomic E-state index is 0.174. The van der Waals surface area contributed by atoms with Crippen LogP contribution in [-0.2, 0) is 11.3 Å². The summed E-state index contributed by atoms with van der Waals surface area (Å²) in [5, 5.41) is 0.456. The van der Waals surface area contributed by atoms with E-state index < -0.39 is 5.97 Å². The van der Waals surface area contributed by atoms with Crippen LogP contribution in [0.3, 0.4) is 0 Å². The van der Waals surface area contributed by atoms with E-state index in [-0.39, 0.29) is 11.6 Å². The quantitative estimate of drug-likeness (QED) is 0.697. The molecule has 0 aliphatic carbocycles. The zero-order valence-corrected chi connectivity index (χ0v) is 16.0. The van der Waals surface area contributed by atoms with E-state index in [4.69, 9.17) is 4.74 Å². The topological polar surface area (TPSA) is 75.3 Å². The van der Waals surface area contributed by atoms with Crippen LogP contribution in [-0.4, -0.2) is 35.0 Å². The molecule has 0 radical (unpaired) electrons. The van der Waals surface area contributed by atoms with Crippen molar-refractivity contribution in [3.8, 4) is 0 Å². The molecule has 0 saturated carbocycles. The molecule has 6 nitrogen and oxygen atoms in total. The highest BCUT2D eigenvalue weighted by Crippen LogP contribution is 2.28. The summed E-state index contributed by atoms with van der Waals surface area (Å²) in [6.07, 6.45) is 0. The van der Waals surface area contributed by atoms with Gasteiger partial charge in [0.1, 0.15) is 15.5 Å². The van der Waals surface area contributed by atoms with Crippen molar-refractivity contribution in [3.05, 3.63) is 62.5 Å². The number of H-pyrrole nitrogens is 1. The normalized spacial score (nSPS) is 12.5. The molecule has 3 rings (SSSR count). The van der Waals surface area contributed by atoms with Gasteiger partial charge >= 0.3 is 5.97 Å². The Morgan fingerprint density at radius 1 is 1.35 bits per heavy atom. The molecule has 2 heterocycles. The molecule has 0 fully saturated rings. The number of ether oxygens (including phenoxy) is 1. The summed E-state index contributed by atoms with van der Waals surface area (Å²) in [7, 11) is 3.32. The van der Waals surface area contributed by atoms with Crippen LogP contribution in [0.4, 0.5) is 0 Å². The lowest BCUT2D eigenvalue weighted by molar-refractivity contribution is 0.0605. The van der Waals surface area contributed by atoms with E-state index in [2.05, 4.69) is 33.9 Å². The number of hydrogen-bond donors (Lipinski definition) is 1. The smallest absolute Gasteiger partial charge is 0.348 e. The Morgan fingerprint density at radius 2 is 2.04 bits per heavy atom. The summed E-state index contributed by atoms with van der Waals surface area (Å²) in [4.78, 5) is 34.9. The Labute approximate surface area is 155 Å². The van der Waals surface area contributed by atoms with Crippen molar-refractivity contribution in [2.24, 2.45) is 0 Å². The highest BCUT2D eigenvalue weighted by atomic mass is 32.1. The number of aryl methyl sites for hydroxylation is 1. The van der Waals surface area contributed by atoms with Gasteiger partial charge in [0.25, 0.3) is 5.56 Å². The van der Waals surface area contributed by atoms with Gasteiger partial charge in [-0.3, -0.25) is 9.69 Å². The molecular weight excluding hydrogens is 350 g/mol. The van der Waals surface area contributed by atoms with E-state index in [9.17, 15) is 9.59 Å². The van der Waals surface area contributed by atoms with Crippen LogP contribution in [0.25, 0.3) is 10.2 Å². The van der Waals surface area contributed by atoms with Crippen LogP contribution in [0.15, 0.2) is 35.1 Å². The van der Waals surface area contributed by atoms with E-state index >= 15 is 0 Å². The summed E-state index contributed by atoms with van der Waals surface area (Å²) in [5.41, 5.74) is 1.58. The van der Waals surface area contributed by atoms with Crippen LogP contribution in [0.2, 0.25) is 0 Å². The molecule has 0 amide bonds. The maximum atomic E-state index is 12.5. The van der Waals surface area contributed by atoms with Crippen molar-refractivity contribution in [3.63, 3.8) is 0 Å². The number of carbonyl (C=O) groups excluding carboxylic acids is 1. The minimum atomic E-state index is -0.443. The number of esters is 1. The molecule has 0 saturated heterocycles. The molecule has 3 aromatic rings. The standard InChI is InChI=1S/C19H21N3O3S/c1-11-15-17(23)20-14(21-18(15)26-16(11)19(24)25-4)10-22(3)12(2)13-8-6-5-7-9-13/h5-9,12H,10H2,1-4H3,(H,20,21,23)/t12-/m0/s1. The second-order valence-electron chi connectivity index (χ2n) is 6.24. The van der Waals surface area contributed by atoms with E-state index in [1.54, 1.807) is 6.92 Å². The first kappa shape index (κ1) is 18.3. The monoisotopic (exact) mass is 371 g/mol. The molecule has 0 aliphatic heterocycles. The van der Waals surface area contributed by atoms with Gasteiger partial charge in [-0.05, 0) is 32.0 Å². The summed E-state index contributed by atoms with van der Waals surface area (Å²) in [5.74, 6) is 0.131. The highest BCUT2D eigenvalue weighted by Gasteiger charge is 2.20. The molecule has 136 valence electrons. The number of carbonyl (C=O) groups is 1. The molecule has 7 heteroatoms. The second kappa shape index (κ2) is 7.39. The van der Waals surface area contributed by atoms with Crippen LogP contribution in [0, 0.1) is 6.92 Å². The number of methoxy groups -OCH3 is 1. The first-order chi connectivity index (χ1) is 12.4. The maximum absolute atomic E-state index is 12.5. The number of nitrogens with zero attached hydrogens (tertiary/aromatic N) is 2. The van der Waals surface area contributed by atoms with Crippen molar-refractivity contribution in [2.75, 3.05) is 14.2 Å². The fourth-order valence-electron chi connectivity index (χ4n) is 2.91. The summed E-state index contributed by atoms with van der Waals surface area (Å²) < 4.78 is 4.78. The number of thiophene rings is 1. The fraction of sp³-hybridized carbons (Fsp3) is 0.316. The third kappa shape index (κ3) is 3.40. The molecule has 26 heavy (non-hydrogen) atoms. The highest BCUT2D eigenvalue weighted by molar-refractivity contribution is 7.20. The second-order valence-corrected chi connectivity index (χ2v) is 7.24. The summed E-state index contributed by atoms with van der Waals surface area (Å²) in [6.45, 7) is 4.34. The number of rotatable bonds is 5. The maximum Gasteiger partial charge on any atom is 0.348 e. The van der Waals surface area contributed by atoms with Gasteiger partial charge in [0.2, 0.25) is 0 Å². The SMILES string of the molecule is COC(=O)c1sc2nc(CN(C)[C@@H](C)c3ccccc3)[nH]c(=O)c2c1C.